The molecule has 0 aromatic carbocycles. The number of carbonyl (C=O) groups excluding carboxylic acids is 3. The minimum atomic E-state index is -1.03. The van der Waals surface area contributed by atoms with Gasteiger partial charge in [-0.15, -0.1) is 0 Å². The fraction of sp³-hybridized carbons (Fsp3) is 0.864. The molecular weight excluding hydrogens is 416 g/mol. The van der Waals surface area contributed by atoms with Crippen LogP contribution in [0.3, 0.4) is 0 Å². The van der Waals surface area contributed by atoms with Gasteiger partial charge in [-0.25, -0.2) is 0 Å². The van der Waals surface area contributed by atoms with Crippen molar-refractivity contribution >= 4 is 17.7 Å². The van der Waals surface area contributed by atoms with Crippen LogP contribution in [-0.4, -0.2) is 109 Å². The van der Waals surface area contributed by atoms with E-state index in [1.807, 2.05) is 13.8 Å². The van der Waals surface area contributed by atoms with Crippen LogP contribution in [0.5, 0.6) is 0 Å². The molecule has 3 N–H and O–H groups in total. The van der Waals surface area contributed by atoms with Crippen molar-refractivity contribution in [1.82, 2.24) is 20.4 Å². The average molecular weight is 453 g/mol. The molecule has 10 nitrogen and oxygen atoms in total. The van der Waals surface area contributed by atoms with Crippen molar-refractivity contribution in [1.29, 1.82) is 0 Å². The van der Waals surface area contributed by atoms with Crippen LogP contribution < -0.4 is 10.6 Å². The van der Waals surface area contributed by atoms with E-state index in [0.29, 0.717) is 45.7 Å². The number of likely N-dealkylation sites (tertiary alicyclic amines) is 1. The fourth-order valence-corrected chi connectivity index (χ4v) is 6.09. The summed E-state index contributed by atoms with van der Waals surface area (Å²) in [5, 5.41) is 15.5. The highest BCUT2D eigenvalue weighted by molar-refractivity contribution is 5.99. The molecule has 3 amide bonds. The Morgan fingerprint density at radius 2 is 1.84 bits per heavy atom. The Labute approximate surface area is 189 Å². The highest BCUT2D eigenvalue weighted by atomic mass is 16.5. The van der Waals surface area contributed by atoms with Crippen LogP contribution in [0.15, 0.2) is 0 Å². The Morgan fingerprint density at radius 1 is 1.12 bits per heavy atom. The van der Waals surface area contributed by atoms with Crippen LogP contribution >= 0.6 is 0 Å². The van der Waals surface area contributed by atoms with Gasteiger partial charge in [-0.1, -0.05) is 6.92 Å². The van der Waals surface area contributed by atoms with Gasteiger partial charge in [0.25, 0.3) is 0 Å². The van der Waals surface area contributed by atoms with Crippen molar-refractivity contribution in [3.05, 3.63) is 0 Å². The number of amides is 3. The predicted molar refractivity (Wildman–Crippen MR) is 115 cm³/mol. The first-order chi connectivity index (χ1) is 15.4. The van der Waals surface area contributed by atoms with Crippen molar-refractivity contribution in [2.45, 2.75) is 50.4 Å². The molecule has 2 unspecified atom stereocenters. The molecule has 1 spiro atoms. The third-order valence-electron chi connectivity index (χ3n) is 7.53. The van der Waals surface area contributed by atoms with E-state index in [1.165, 1.54) is 4.90 Å². The van der Waals surface area contributed by atoms with Gasteiger partial charge in [0.2, 0.25) is 17.7 Å². The third-order valence-corrected chi connectivity index (χ3v) is 7.53. The van der Waals surface area contributed by atoms with Crippen molar-refractivity contribution < 1.29 is 29.0 Å². The lowest BCUT2D eigenvalue weighted by molar-refractivity contribution is -0.146. The molecule has 0 aliphatic carbocycles. The van der Waals surface area contributed by atoms with Gasteiger partial charge in [0.1, 0.15) is 11.6 Å². The van der Waals surface area contributed by atoms with Gasteiger partial charge in [-0.2, -0.15) is 0 Å². The second-order valence-corrected chi connectivity index (χ2v) is 9.52. The Kier molecular flexibility index (Phi) is 6.76. The van der Waals surface area contributed by atoms with E-state index < -0.39 is 29.1 Å². The van der Waals surface area contributed by atoms with Gasteiger partial charge < -0.3 is 30.1 Å². The van der Waals surface area contributed by atoms with Gasteiger partial charge in [-0.3, -0.25) is 19.3 Å². The number of ether oxygens (including phenoxy) is 2. The van der Waals surface area contributed by atoms with E-state index in [-0.39, 0.29) is 30.9 Å². The van der Waals surface area contributed by atoms with E-state index >= 15 is 0 Å². The number of carbonyl (C=O) groups is 3. The van der Waals surface area contributed by atoms with Crippen LogP contribution in [0.2, 0.25) is 0 Å². The maximum absolute atomic E-state index is 13.5. The lowest BCUT2D eigenvalue weighted by atomic mass is 9.66. The number of aliphatic hydroxyl groups is 1. The Morgan fingerprint density at radius 3 is 2.53 bits per heavy atom. The first kappa shape index (κ1) is 23.4. The van der Waals surface area contributed by atoms with Crippen LogP contribution in [0.4, 0.5) is 0 Å². The normalized spacial score (nSPS) is 36.4. The van der Waals surface area contributed by atoms with Gasteiger partial charge in [0, 0.05) is 39.3 Å². The molecule has 10 heteroatoms. The summed E-state index contributed by atoms with van der Waals surface area (Å²) < 4.78 is 11.8. The molecule has 2 bridgehead atoms. The van der Waals surface area contributed by atoms with Crippen LogP contribution in [0.1, 0.15) is 33.1 Å². The summed E-state index contributed by atoms with van der Waals surface area (Å²) in [7, 11) is 0. The zero-order chi connectivity index (χ0) is 22.9. The highest BCUT2D eigenvalue weighted by Crippen LogP contribution is 2.63. The number of hydrogen-bond donors (Lipinski definition) is 3. The number of fused-ring (bicyclic) bond motifs is 1. The lowest BCUT2D eigenvalue weighted by Gasteiger charge is -2.33. The molecule has 4 aliphatic rings. The SMILES string of the molecule is CCCNC(=O)[C@@H]1[C@H]2C(=O)N(CCO)C(C(=O)NCCN3CCOCC3)C23CC[C@@]1(C)O3. The van der Waals surface area contributed by atoms with Crippen LogP contribution in [-0.2, 0) is 23.9 Å². The Balaban J connectivity index is 1.53. The molecule has 0 radical (unpaired) electrons. The zero-order valence-electron chi connectivity index (χ0n) is 19.1. The number of nitrogens with one attached hydrogen (secondary N) is 2. The van der Waals surface area contributed by atoms with Gasteiger partial charge in [-0.05, 0) is 26.2 Å². The molecule has 4 rings (SSSR count). The maximum atomic E-state index is 13.5. The molecule has 0 saturated carbocycles. The predicted octanol–water partition coefficient (Wildman–Crippen LogP) is -1.28. The molecule has 32 heavy (non-hydrogen) atoms. The largest absolute Gasteiger partial charge is 0.395 e. The highest BCUT2D eigenvalue weighted by Gasteiger charge is 2.77. The summed E-state index contributed by atoms with van der Waals surface area (Å²) >= 11 is 0. The molecule has 180 valence electrons. The summed E-state index contributed by atoms with van der Waals surface area (Å²) in [5.74, 6) is -2.08. The van der Waals surface area contributed by atoms with E-state index in [2.05, 4.69) is 15.5 Å². The van der Waals surface area contributed by atoms with E-state index in [4.69, 9.17) is 9.47 Å². The Bertz CT molecular complexity index is 744. The maximum Gasteiger partial charge on any atom is 0.245 e. The number of nitrogens with zero attached hydrogens (tertiary/aromatic N) is 2. The summed E-state index contributed by atoms with van der Waals surface area (Å²) in [6.07, 6.45) is 1.96. The van der Waals surface area contributed by atoms with Crippen LogP contribution in [0, 0.1) is 11.8 Å². The van der Waals surface area contributed by atoms with E-state index in [9.17, 15) is 19.5 Å². The van der Waals surface area contributed by atoms with Gasteiger partial charge in [0.05, 0.1) is 37.3 Å². The molecule has 4 heterocycles. The number of rotatable bonds is 9. The smallest absolute Gasteiger partial charge is 0.245 e. The first-order valence-electron chi connectivity index (χ1n) is 11.8. The first-order valence-corrected chi connectivity index (χ1v) is 11.8. The molecule has 0 aromatic rings. The fourth-order valence-electron chi connectivity index (χ4n) is 6.09. The molecule has 4 aliphatic heterocycles. The Hall–Kier alpha value is -1.75. The van der Waals surface area contributed by atoms with Crippen molar-refractivity contribution in [3.8, 4) is 0 Å². The lowest BCUT2D eigenvalue weighted by Crippen LogP contribution is -2.56. The monoisotopic (exact) mass is 452 g/mol. The molecule has 5 atom stereocenters. The number of aliphatic hydroxyl groups excluding tert-OH is 1. The summed E-state index contributed by atoms with van der Waals surface area (Å²) in [6.45, 7) is 8.37. The topological polar surface area (TPSA) is 120 Å². The quantitative estimate of drug-likeness (QED) is 0.398. The molecule has 4 fully saturated rings. The summed E-state index contributed by atoms with van der Waals surface area (Å²) in [4.78, 5) is 43.6. The second kappa shape index (κ2) is 9.24. The molecular formula is C22H36N4O6. The second-order valence-electron chi connectivity index (χ2n) is 9.52. The standard InChI is InChI=1S/C22H36N4O6/c1-3-6-23-18(28)15-16-20(30)26(9-12-27)17(22(16)5-4-21(15,2)32-22)19(29)24-7-8-25-10-13-31-14-11-25/h15-17,27H,3-14H2,1-2H3,(H,23,28)(H,24,29)/t15-,16-,17?,21+,22?/m0/s1. The van der Waals surface area contributed by atoms with Gasteiger partial charge in [0.15, 0.2) is 0 Å². The zero-order valence-corrected chi connectivity index (χ0v) is 19.1. The van der Waals surface area contributed by atoms with Crippen molar-refractivity contribution in [2.24, 2.45) is 11.8 Å². The average Bonchev–Trinajstić information content (AvgIpc) is 3.34. The van der Waals surface area contributed by atoms with E-state index in [1.54, 1.807) is 0 Å². The number of β-amino-alcohol motifs (C(OH)–C–C–N with tert-alkyl or cyclic N) is 1. The van der Waals surface area contributed by atoms with Crippen molar-refractivity contribution in [3.63, 3.8) is 0 Å². The molecule has 4 saturated heterocycles. The van der Waals surface area contributed by atoms with E-state index in [0.717, 1.165) is 19.5 Å². The van der Waals surface area contributed by atoms with Crippen molar-refractivity contribution in [2.75, 3.05) is 59.1 Å². The summed E-state index contributed by atoms with van der Waals surface area (Å²) in [6, 6.07) is -0.845. The summed E-state index contributed by atoms with van der Waals surface area (Å²) in [5.41, 5.74) is -1.80. The third kappa shape index (κ3) is 3.81. The number of hydrogen-bond acceptors (Lipinski definition) is 7. The molecule has 0 aromatic heterocycles. The minimum absolute atomic E-state index is 0.0437. The van der Waals surface area contributed by atoms with Crippen LogP contribution in [0.25, 0.3) is 0 Å². The van der Waals surface area contributed by atoms with Gasteiger partial charge >= 0.3 is 0 Å². The minimum Gasteiger partial charge on any atom is -0.395 e. The number of morpholine rings is 1.